The molecule has 0 bridgehead atoms. The van der Waals surface area contributed by atoms with Gasteiger partial charge >= 0.3 is 6.03 Å². The van der Waals surface area contributed by atoms with Crippen LogP contribution >= 0.6 is 15.9 Å². The van der Waals surface area contributed by atoms with E-state index in [-0.39, 0.29) is 12.2 Å². The first-order chi connectivity index (χ1) is 19.7. The fourth-order valence-corrected chi connectivity index (χ4v) is 5.00. The quantitative estimate of drug-likeness (QED) is 0.205. The first-order valence-corrected chi connectivity index (χ1v) is 13.5. The van der Waals surface area contributed by atoms with Gasteiger partial charge in [0.05, 0.1) is 17.3 Å². The molecule has 1 aromatic heterocycles. The van der Waals surface area contributed by atoms with Gasteiger partial charge in [-0.15, -0.1) is 0 Å². The summed E-state index contributed by atoms with van der Waals surface area (Å²) in [6.45, 7) is 5.96. The van der Waals surface area contributed by atoms with E-state index < -0.39 is 17.8 Å². The molecule has 204 valence electrons. The average Bonchev–Trinajstić information content (AvgIpc) is 3.24. The van der Waals surface area contributed by atoms with Crippen molar-refractivity contribution in [3.8, 4) is 17.5 Å². The maximum Gasteiger partial charge on any atom is 0.335 e. The predicted octanol–water partition coefficient (Wildman–Crippen LogP) is 6.28. The molecule has 1 aliphatic rings. The second kappa shape index (κ2) is 11.3. The number of nitriles is 1. The number of benzene rings is 3. The van der Waals surface area contributed by atoms with E-state index in [2.05, 4.69) is 27.3 Å². The van der Waals surface area contributed by atoms with Gasteiger partial charge in [-0.2, -0.15) is 5.26 Å². The standard InChI is InChI=1S/C32H25BrN4O4/c1-19-14-26(10-13-29(19)33)37-31(39)28(30(38)35-32(37)40)16-24-15-20(2)36(21(24)3)25-8-11-27(12-9-25)41-18-23-7-5-4-6-22(23)17-34/h4-16H,18H2,1-3H3,(H,35,38,40)/b28-16+. The summed E-state index contributed by atoms with van der Waals surface area (Å²) in [5, 5.41) is 11.6. The van der Waals surface area contributed by atoms with Crippen LogP contribution in [0.15, 0.2) is 82.8 Å². The van der Waals surface area contributed by atoms with Crippen LogP contribution in [0.4, 0.5) is 10.5 Å². The van der Waals surface area contributed by atoms with Crippen LogP contribution < -0.4 is 15.0 Å². The summed E-state index contributed by atoms with van der Waals surface area (Å²) in [4.78, 5) is 39.7. The third kappa shape index (κ3) is 5.42. The largest absolute Gasteiger partial charge is 0.489 e. The Balaban J connectivity index is 1.40. The fraction of sp³-hybridized carbons (Fsp3) is 0.125. The van der Waals surface area contributed by atoms with Crippen LogP contribution in [0.2, 0.25) is 0 Å². The summed E-state index contributed by atoms with van der Waals surface area (Å²) < 4.78 is 8.75. The number of imide groups is 2. The Morgan fingerprint density at radius 2 is 1.66 bits per heavy atom. The number of ether oxygens (including phenoxy) is 1. The predicted molar refractivity (Wildman–Crippen MR) is 159 cm³/mol. The number of aromatic nitrogens is 1. The van der Waals surface area contributed by atoms with Crippen LogP contribution in [0.3, 0.4) is 0 Å². The molecule has 1 aliphatic heterocycles. The van der Waals surface area contributed by atoms with Gasteiger partial charge in [-0.05, 0) is 92.6 Å². The third-order valence-electron chi connectivity index (χ3n) is 6.90. The lowest BCUT2D eigenvalue weighted by atomic mass is 10.1. The molecule has 1 saturated heterocycles. The van der Waals surface area contributed by atoms with Crippen molar-refractivity contribution in [2.24, 2.45) is 0 Å². The molecule has 2 heterocycles. The summed E-state index contributed by atoms with van der Waals surface area (Å²) >= 11 is 3.42. The molecule has 0 spiro atoms. The van der Waals surface area contributed by atoms with Crippen LogP contribution in [0.25, 0.3) is 11.8 Å². The molecule has 0 aliphatic carbocycles. The number of rotatable bonds is 6. The Morgan fingerprint density at radius 1 is 0.951 bits per heavy atom. The van der Waals surface area contributed by atoms with Gasteiger partial charge in [-0.25, -0.2) is 9.69 Å². The lowest BCUT2D eigenvalue weighted by molar-refractivity contribution is -0.122. The zero-order valence-electron chi connectivity index (χ0n) is 22.6. The van der Waals surface area contributed by atoms with E-state index in [0.717, 1.165) is 37.6 Å². The van der Waals surface area contributed by atoms with Gasteiger partial charge in [0.1, 0.15) is 17.9 Å². The lowest BCUT2D eigenvalue weighted by Crippen LogP contribution is -2.54. The molecule has 0 saturated carbocycles. The van der Waals surface area contributed by atoms with Crippen molar-refractivity contribution in [1.29, 1.82) is 5.26 Å². The molecule has 0 atom stereocenters. The maximum absolute atomic E-state index is 13.4. The molecule has 1 fully saturated rings. The number of carbonyl (C=O) groups is 3. The van der Waals surface area contributed by atoms with E-state index in [9.17, 15) is 19.6 Å². The first kappa shape index (κ1) is 27.6. The summed E-state index contributed by atoms with van der Waals surface area (Å²) in [5.74, 6) is -0.775. The second-order valence-electron chi connectivity index (χ2n) is 9.60. The average molecular weight is 609 g/mol. The van der Waals surface area contributed by atoms with Crippen molar-refractivity contribution in [2.75, 3.05) is 4.90 Å². The van der Waals surface area contributed by atoms with E-state index in [1.807, 2.05) is 73.9 Å². The molecule has 0 radical (unpaired) electrons. The molecule has 41 heavy (non-hydrogen) atoms. The zero-order chi connectivity index (χ0) is 29.3. The third-order valence-corrected chi connectivity index (χ3v) is 7.79. The van der Waals surface area contributed by atoms with Gasteiger partial charge in [-0.1, -0.05) is 34.1 Å². The van der Waals surface area contributed by atoms with E-state index in [4.69, 9.17) is 4.74 Å². The number of hydrogen-bond donors (Lipinski definition) is 1. The highest BCUT2D eigenvalue weighted by Crippen LogP contribution is 2.29. The minimum Gasteiger partial charge on any atom is -0.489 e. The number of aryl methyl sites for hydroxylation is 2. The van der Waals surface area contributed by atoms with Crippen LogP contribution in [0.1, 0.15) is 33.6 Å². The highest BCUT2D eigenvalue weighted by atomic mass is 79.9. The zero-order valence-corrected chi connectivity index (χ0v) is 24.2. The van der Waals surface area contributed by atoms with Crippen molar-refractivity contribution >= 4 is 45.5 Å². The number of halogens is 1. The SMILES string of the molecule is Cc1cc(N2C(=O)NC(=O)/C(=C\c3cc(C)n(-c4ccc(OCc5ccccc5C#N)cc4)c3C)C2=O)ccc1Br. The van der Waals surface area contributed by atoms with Gasteiger partial charge in [0.25, 0.3) is 11.8 Å². The van der Waals surface area contributed by atoms with Crippen molar-refractivity contribution in [3.05, 3.63) is 116 Å². The number of amides is 4. The normalized spacial score (nSPS) is 14.3. The molecule has 8 nitrogen and oxygen atoms in total. The molecule has 4 aromatic rings. The van der Waals surface area contributed by atoms with Crippen molar-refractivity contribution in [2.45, 2.75) is 27.4 Å². The molecule has 5 rings (SSSR count). The van der Waals surface area contributed by atoms with Gasteiger partial charge < -0.3 is 9.30 Å². The summed E-state index contributed by atoms with van der Waals surface area (Å²) in [6.07, 6.45) is 1.52. The van der Waals surface area contributed by atoms with Crippen LogP contribution in [-0.4, -0.2) is 22.4 Å². The summed E-state index contributed by atoms with van der Waals surface area (Å²) in [6, 6.07) is 23.2. The Labute approximate surface area is 245 Å². The van der Waals surface area contributed by atoms with E-state index in [0.29, 0.717) is 22.6 Å². The lowest BCUT2D eigenvalue weighted by Gasteiger charge is -2.26. The Kier molecular flexibility index (Phi) is 7.60. The van der Waals surface area contributed by atoms with Gasteiger partial charge in [0.2, 0.25) is 0 Å². The van der Waals surface area contributed by atoms with Gasteiger partial charge in [-0.3, -0.25) is 14.9 Å². The Morgan fingerprint density at radius 3 is 2.37 bits per heavy atom. The molecular weight excluding hydrogens is 584 g/mol. The van der Waals surface area contributed by atoms with E-state index >= 15 is 0 Å². The first-order valence-electron chi connectivity index (χ1n) is 12.8. The number of nitrogens with zero attached hydrogens (tertiary/aromatic N) is 3. The van der Waals surface area contributed by atoms with E-state index in [1.54, 1.807) is 24.3 Å². The highest BCUT2D eigenvalue weighted by molar-refractivity contribution is 9.10. The second-order valence-corrected chi connectivity index (χ2v) is 10.5. The monoisotopic (exact) mass is 608 g/mol. The number of nitrogens with one attached hydrogen (secondary N) is 1. The minimum absolute atomic E-state index is 0.133. The van der Waals surface area contributed by atoms with Crippen LogP contribution in [0, 0.1) is 32.1 Å². The highest BCUT2D eigenvalue weighted by Gasteiger charge is 2.37. The number of hydrogen-bond acceptors (Lipinski definition) is 5. The fourth-order valence-electron chi connectivity index (χ4n) is 4.75. The summed E-state index contributed by atoms with van der Waals surface area (Å²) in [5.41, 5.74) is 5.73. The number of urea groups is 1. The molecule has 3 aromatic carbocycles. The Bertz CT molecular complexity index is 1780. The Hall–Kier alpha value is -4.94. The number of anilines is 1. The van der Waals surface area contributed by atoms with Crippen LogP contribution in [-0.2, 0) is 16.2 Å². The topological polar surface area (TPSA) is 104 Å². The number of barbiturate groups is 1. The van der Waals surface area contributed by atoms with Gasteiger partial charge in [0, 0.05) is 27.1 Å². The minimum atomic E-state index is -0.789. The summed E-state index contributed by atoms with van der Waals surface area (Å²) in [7, 11) is 0. The molecular formula is C32H25BrN4O4. The molecule has 4 amide bonds. The molecule has 1 N–H and O–H groups in total. The van der Waals surface area contributed by atoms with Crippen molar-refractivity contribution in [3.63, 3.8) is 0 Å². The van der Waals surface area contributed by atoms with Crippen LogP contribution in [0.5, 0.6) is 5.75 Å². The van der Waals surface area contributed by atoms with Crippen molar-refractivity contribution < 1.29 is 19.1 Å². The smallest absolute Gasteiger partial charge is 0.335 e. The van der Waals surface area contributed by atoms with Crippen molar-refractivity contribution in [1.82, 2.24) is 9.88 Å². The van der Waals surface area contributed by atoms with Gasteiger partial charge in [0.15, 0.2) is 0 Å². The van der Waals surface area contributed by atoms with E-state index in [1.165, 1.54) is 6.08 Å². The molecule has 9 heteroatoms. The maximum atomic E-state index is 13.4. The number of carbonyl (C=O) groups excluding carboxylic acids is 3. The molecule has 0 unspecified atom stereocenters.